The lowest BCUT2D eigenvalue weighted by Crippen LogP contribution is -2.40. The highest BCUT2D eigenvalue weighted by Gasteiger charge is 2.25. The molecule has 0 aliphatic carbocycles. The summed E-state index contributed by atoms with van der Waals surface area (Å²) in [6.45, 7) is 6.15. The minimum Gasteiger partial charge on any atom is -0.495 e. The van der Waals surface area contributed by atoms with E-state index in [4.69, 9.17) is 4.74 Å². The highest BCUT2D eigenvalue weighted by atomic mass is 16.5. The summed E-state index contributed by atoms with van der Waals surface area (Å²) in [5, 5.41) is 6.78. The lowest BCUT2D eigenvalue weighted by atomic mass is 10.1. The summed E-state index contributed by atoms with van der Waals surface area (Å²) in [4.78, 5) is 6.86. The van der Waals surface area contributed by atoms with Gasteiger partial charge in [0.15, 0.2) is 5.96 Å². The molecule has 2 unspecified atom stereocenters. The lowest BCUT2D eigenvalue weighted by Gasteiger charge is -2.21. The van der Waals surface area contributed by atoms with Crippen molar-refractivity contribution in [3.05, 3.63) is 24.3 Å². The molecule has 114 valence electrons. The molecule has 2 N–H and O–H groups in total. The fourth-order valence-corrected chi connectivity index (χ4v) is 3.01. The van der Waals surface area contributed by atoms with Crippen LogP contribution >= 0.6 is 0 Å². The monoisotopic (exact) mass is 288 g/mol. The van der Waals surface area contributed by atoms with Gasteiger partial charge in [-0.25, -0.2) is 0 Å². The standard InChI is InChI=1S/C16H24N4O/c1-12-9-17-16(19-12)18-10-13-7-8-20(11-13)14-5-3-4-6-15(14)21-2/h3-6,12-13H,7-11H2,1-2H3,(H2,17,18,19). The summed E-state index contributed by atoms with van der Waals surface area (Å²) in [6, 6.07) is 8.71. The van der Waals surface area contributed by atoms with Crippen molar-refractivity contribution in [3.8, 4) is 5.75 Å². The summed E-state index contributed by atoms with van der Waals surface area (Å²) in [5.41, 5.74) is 1.20. The molecule has 21 heavy (non-hydrogen) atoms. The lowest BCUT2D eigenvalue weighted by molar-refractivity contribution is 0.414. The third kappa shape index (κ3) is 3.23. The van der Waals surface area contributed by atoms with Gasteiger partial charge < -0.3 is 20.3 Å². The zero-order valence-corrected chi connectivity index (χ0v) is 12.8. The molecule has 5 nitrogen and oxygen atoms in total. The van der Waals surface area contributed by atoms with Crippen molar-refractivity contribution in [3.63, 3.8) is 0 Å². The number of aliphatic imine (C=N–C) groups is 1. The van der Waals surface area contributed by atoms with Gasteiger partial charge in [-0.3, -0.25) is 4.99 Å². The molecule has 0 amide bonds. The Bertz CT molecular complexity index is 517. The first kappa shape index (κ1) is 14.0. The van der Waals surface area contributed by atoms with Crippen LogP contribution in [0, 0.1) is 5.92 Å². The second kappa shape index (κ2) is 6.24. The minimum absolute atomic E-state index is 0.459. The van der Waals surface area contributed by atoms with Crippen molar-refractivity contribution in [1.82, 2.24) is 10.6 Å². The van der Waals surface area contributed by atoms with Crippen LogP contribution in [0.15, 0.2) is 29.3 Å². The van der Waals surface area contributed by atoms with E-state index in [1.807, 2.05) is 12.1 Å². The van der Waals surface area contributed by atoms with Crippen LogP contribution in [0.5, 0.6) is 5.75 Å². The fourth-order valence-electron chi connectivity index (χ4n) is 3.01. The van der Waals surface area contributed by atoms with Gasteiger partial charge in [0.05, 0.1) is 19.3 Å². The van der Waals surface area contributed by atoms with Gasteiger partial charge in [0.2, 0.25) is 0 Å². The molecular formula is C16H24N4O. The van der Waals surface area contributed by atoms with E-state index in [1.54, 1.807) is 7.11 Å². The average Bonchev–Trinajstić information content (AvgIpc) is 3.14. The van der Waals surface area contributed by atoms with Crippen molar-refractivity contribution < 1.29 is 4.74 Å². The number of ether oxygens (including phenoxy) is 1. The Kier molecular flexibility index (Phi) is 4.18. The molecule has 5 heteroatoms. The largest absolute Gasteiger partial charge is 0.495 e. The van der Waals surface area contributed by atoms with E-state index in [2.05, 4.69) is 39.6 Å². The highest BCUT2D eigenvalue weighted by molar-refractivity contribution is 5.81. The topological polar surface area (TPSA) is 48.9 Å². The number of hydrogen-bond donors (Lipinski definition) is 2. The van der Waals surface area contributed by atoms with Gasteiger partial charge in [0.25, 0.3) is 0 Å². The van der Waals surface area contributed by atoms with Crippen molar-refractivity contribution >= 4 is 11.6 Å². The predicted octanol–water partition coefficient (Wildman–Crippen LogP) is 1.46. The van der Waals surface area contributed by atoms with Gasteiger partial charge in [-0.2, -0.15) is 0 Å². The molecule has 0 aromatic heterocycles. The number of methoxy groups -OCH3 is 1. The molecule has 2 aliphatic heterocycles. The van der Waals surface area contributed by atoms with Crippen LogP contribution in [-0.4, -0.2) is 45.3 Å². The molecule has 2 heterocycles. The normalized spacial score (nSPS) is 24.7. The summed E-state index contributed by atoms with van der Waals surface area (Å²) in [6.07, 6.45) is 1.20. The first-order chi connectivity index (χ1) is 10.3. The Morgan fingerprint density at radius 1 is 1.43 bits per heavy atom. The molecule has 1 fully saturated rings. The average molecular weight is 288 g/mol. The van der Waals surface area contributed by atoms with Gasteiger partial charge >= 0.3 is 0 Å². The highest BCUT2D eigenvalue weighted by Crippen LogP contribution is 2.31. The van der Waals surface area contributed by atoms with E-state index in [0.717, 1.165) is 37.9 Å². The van der Waals surface area contributed by atoms with Crippen LogP contribution in [0.1, 0.15) is 13.3 Å². The summed E-state index contributed by atoms with van der Waals surface area (Å²) in [7, 11) is 1.74. The number of nitrogens with one attached hydrogen (secondary N) is 2. The van der Waals surface area contributed by atoms with Gasteiger partial charge in [-0.15, -0.1) is 0 Å². The SMILES string of the molecule is COc1ccccc1N1CCC(CNC2=NCC(C)N2)C1. The van der Waals surface area contributed by atoms with Crippen LogP contribution in [0.4, 0.5) is 5.69 Å². The molecule has 0 radical (unpaired) electrons. The third-order valence-corrected chi connectivity index (χ3v) is 4.18. The molecule has 1 saturated heterocycles. The van der Waals surface area contributed by atoms with E-state index in [9.17, 15) is 0 Å². The maximum Gasteiger partial charge on any atom is 0.191 e. The Morgan fingerprint density at radius 3 is 3.05 bits per heavy atom. The quantitative estimate of drug-likeness (QED) is 0.880. The second-order valence-corrected chi connectivity index (χ2v) is 5.89. The van der Waals surface area contributed by atoms with Crippen LogP contribution in [0.3, 0.4) is 0 Å². The maximum absolute atomic E-state index is 5.46. The van der Waals surface area contributed by atoms with E-state index in [1.165, 1.54) is 12.1 Å². The molecule has 3 rings (SSSR count). The molecule has 2 atom stereocenters. The van der Waals surface area contributed by atoms with Crippen molar-refractivity contribution in [2.45, 2.75) is 19.4 Å². The Morgan fingerprint density at radius 2 is 2.29 bits per heavy atom. The number of anilines is 1. The van der Waals surface area contributed by atoms with Crippen molar-refractivity contribution in [2.75, 3.05) is 38.2 Å². The van der Waals surface area contributed by atoms with Crippen LogP contribution in [0.25, 0.3) is 0 Å². The Hall–Kier alpha value is -1.91. The fraction of sp³-hybridized carbons (Fsp3) is 0.562. The Labute approximate surface area is 126 Å². The molecule has 0 bridgehead atoms. The first-order valence-corrected chi connectivity index (χ1v) is 7.69. The number of guanidine groups is 1. The number of rotatable bonds is 4. The van der Waals surface area contributed by atoms with E-state index in [0.29, 0.717) is 12.0 Å². The second-order valence-electron chi connectivity index (χ2n) is 5.89. The molecular weight excluding hydrogens is 264 g/mol. The van der Waals surface area contributed by atoms with Crippen LogP contribution in [-0.2, 0) is 0 Å². The molecule has 0 spiro atoms. The molecule has 2 aliphatic rings. The number of para-hydroxylation sites is 2. The zero-order chi connectivity index (χ0) is 14.7. The van der Waals surface area contributed by atoms with Crippen LogP contribution < -0.4 is 20.3 Å². The number of benzene rings is 1. The number of hydrogen-bond acceptors (Lipinski definition) is 5. The van der Waals surface area contributed by atoms with Gasteiger partial charge in [-0.05, 0) is 31.4 Å². The minimum atomic E-state index is 0.459. The van der Waals surface area contributed by atoms with Crippen molar-refractivity contribution in [1.29, 1.82) is 0 Å². The van der Waals surface area contributed by atoms with Crippen molar-refractivity contribution in [2.24, 2.45) is 10.9 Å². The van der Waals surface area contributed by atoms with E-state index in [-0.39, 0.29) is 0 Å². The zero-order valence-electron chi connectivity index (χ0n) is 12.8. The van der Waals surface area contributed by atoms with Crippen LogP contribution in [0.2, 0.25) is 0 Å². The Balaban J connectivity index is 1.53. The molecule has 1 aromatic carbocycles. The maximum atomic E-state index is 5.46. The van der Waals surface area contributed by atoms with E-state index < -0.39 is 0 Å². The van der Waals surface area contributed by atoms with E-state index >= 15 is 0 Å². The summed E-state index contributed by atoms with van der Waals surface area (Å²) < 4.78 is 5.46. The van der Waals surface area contributed by atoms with Gasteiger partial charge in [0, 0.05) is 25.7 Å². The molecule has 0 saturated carbocycles. The molecule has 1 aromatic rings. The summed E-state index contributed by atoms with van der Waals surface area (Å²) >= 11 is 0. The third-order valence-electron chi connectivity index (χ3n) is 4.18. The van der Waals surface area contributed by atoms with Gasteiger partial charge in [-0.1, -0.05) is 12.1 Å². The summed E-state index contributed by atoms with van der Waals surface area (Å²) in [5.74, 6) is 2.57. The number of nitrogens with zero attached hydrogens (tertiary/aromatic N) is 2. The predicted molar refractivity (Wildman–Crippen MR) is 86.2 cm³/mol. The first-order valence-electron chi connectivity index (χ1n) is 7.69. The smallest absolute Gasteiger partial charge is 0.191 e. The van der Waals surface area contributed by atoms with Gasteiger partial charge in [0.1, 0.15) is 5.75 Å².